The van der Waals surface area contributed by atoms with Gasteiger partial charge in [0.15, 0.2) is 0 Å². The number of fused-ring (bicyclic) bond motifs is 1. The number of hydrogen-bond donors (Lipinski definition) is 1. The number of nitrogens with one attached hydrogen (secondary N) is 1. The van der Waals surface area contributed by atoms with Crippen molar-refractivity contribution in [3.63, 3.8) is 0 Å². The molecule has 30 heavy (non-hydrogen) atoms. The van der Waals surface area contributed by atoms with Gasteiger partial charge in [-0.05, 0) is 37.5 Å². The van der Waals surface area contributed by atoms with Crippen LogP contribution in [0.2, 0.25) is 0 Å². The van der Waals surface area contributed by atoms with Gasteiger partial charge in [0.1, 0.15) is 6.23 Å². The molecule has 3 saturated heterocycles. The fourth-order valence-electron chi connectivity index (χ4n) is 4.57. The zero-order valence-corrected chi connectivity index (χ0v) is 17.6. The maximum atomic E-state index is 13.2. The van der Waals surface area contributed by atoms with Crippen LogP contribution in [0.5, 0.6) is 0 Å². The molecule has 0 aliphatic carbocycles. The summed E-state index contributed by atoms with van der Waals surface area (Å²) in [6, 6.07) is 9.06. The van der Waals surface area contributed by atoms with Gasteiger partial charge in [-0.1, -0.05) is 24.8 Å². The second kappa shape index (κ2) is 8.49. The highest BCUT2D eigenvalue weighted by Crippen LogP contribution is 2.35. The average molecular weight is 434 g/mol. The molecular formula is C21H27N3O5S. The number of carbonyl (C=O) groups excluding carboxylic acids is 2. The predicted molar refractivity (Wildman–Crippen MR) is 111 cm³/mol. The van der Waals surface area contributed by atoms with Crippen LogP contribution >= 0.6 is 0 Å². The molecule has 0 bridgehead atoms. The van der Waals surface area contributed by atoms with Crippen LogP contribution in [0.15, 0.2) is 43.0 Å². The standard InChI is InChI=1S/C21H27N3O5S/c1-2-19(25)22-20-12-16-13-24(14-18(16)29-20)30(27,28)17-8-10-23(11-9-17)21(26)15-6-4-3-5-7-15/h2-7,16-18,20H,1,8-14H2,(H,22,25). The van der Waals surface area contributed by atoms with Gasteiger partial charge >= 0.3 is 0 Å². The lowest BCUT2D eigenvalue weighted by Gasteiger charge is -2.34. The Morgan fingerprint density at radius 3 is 2.47 bits per heavy atom. The Labute approximate surface area is 176 Å². The number of amides is 2. The lowest BCUT2D eigenvalue weighted by Crippen LogP contribution is -2.47. The molecule has 162 valence electrons. The van der Waals surface area contributed by atoms with Crippen molar-refractivity contribution in [2.45, 2.75) is 36.8 Å². The Bertz CT molecular complexity index is 898. The fraction of sp³-hybridized carbons (Fsp3) is 0.524. The summed E-state index contributed by atoms with van der Waals surface area (Å²) >= 11 is 0. The van der Waals surface area contributed by atoms with Gasteiger partial charge in [0.05, 0.1) is 11.4 Å². The van der Waals surface area contributed by atoms with E-state index in [4.69, 9.17) is 4.74 Å². The molecule has 3 fully saturated rings. The number of rotatable bonds is 5. The van der Waals surface area contributed by atoms with Crippen LogP contribution in [0.3, 0.4) is 0 Å². The first-order valence-electron chi connectivity index (χ1n) is 10.3. The maximum Gasteiger partial charge on any atom is 0.253 e. The number of likely N-dealkylation sites (tertiary alicyclic amines) is 1. The zero-order chi connectivity index (χ0) is 21.3. The number of piperidine rings is 1. The van der Waals surface area contributed by atoms with Crippen LogP contribution in [0, 0.1) is 5.92 Å². The van der Waals surface area contributed by atoms with Crippen molar-refractivity contribution in [3.8, 4) is 0 Å². The second-order valence-corrected chi connectivity index (χ2v) is 10.3. The molecule has 0 radical (unpaired) electrons. The summed E-state index contributed by atoms with van der Waals surface area (Å²) in [5, 5.41) is 2.24. The molecule has 4 rings (SSSR count). The predicted octanol–water partition coefficient (Wildman–Crippen LogP) is 0.970. The van der Waals surface area contributed by atoms with Gasteiger partial charge in [0.25, 0.3) is 5.91 Å². The van der Waals surface area contributed by atoms with Crippen LogP contribution in [-0.4, -0.2) is 73.2 Å². The minimum atomic E-state index is -3.45. The molecule has 1 aromatic rings. The van der Waals surface area contributed by atoms with Gasteiger partial charge < -0.3 is 15.0 Å². The topological polar surface area (TPSA) is 96.0 Å². The minimum Gasteiger partial charge on any atom is -0.354 e. The average Bonchev–Trinajstić information content (AvgIpc) is 3.33. The summed E-state index contributed by atoms with van der Waals surface area (Å²) in [6.07, 6.45) is 2.08. The molecule has 3 aliphatic heterocycles. The van der Waals surface area contributed by atoms with Gasteiger partial charge in [-0.25, -0.2) is 8.42 Å². The van der Waals surface area contributed by atoms with E-state index in [-0.39, 0.29) is 30.1 Å². The Kier molecular flexibility index (Phi) is 5.95. The molecule has 2 amide bonds. The first-order chi connectivity index (χ1) is 14.4. The van der Waals surface area contributed by atoms with E-state index in [0.717, 1.165) is 0 Å². The monoisotopic (exact) mass is 433 g/mol. The number of carbonyl (C=O) groups is 2. The largest absolute Gasteiger partial charge is 0.354 e. The van der Waals surface area contributed by atoms with Crippen LogP contribution in [-0.2, 0) is 19.6 Å². The van der Waals surface area contributed by atoms with E-state index < -0.39 is 15.3 Å². The van der Waals surface area contributed by atoms with Crippen LogP contribution in [0.1, 0.15) is 29.6 Å². The number of benzene rings is 1. The highest BCUT2D eigenvalue weighted by atomic mass is 32.2. The van der Waals surface area contributed by atoms with Gasteiger partial charge in [-0.3, -0.25) is 9.59 Å². The van der Waals surface area contributed by atoms with E-state index in [1.165, 1.54) is 10.4 Å². The second-order valence-electron chi connectivity index (χ2n) is 8.09. The summed E-state index contributed by atoms with van der Waals surface area (Å²) in [5.41, 5.74) is 0.626. The summed E-state index contributed by atoms with van der Waals surface area (Å²) < 4.78 is 33.7. The Morgan fingerprint density at radius 1 is 1.13 bits per heavy atom. The van der Waals surface area contributed by atoms with Gasteiger partial charge in [-0.15, -0.1) is 0 Å². The van der Waals surface area contributed by atoms with Crippen molar-refractivity contribution < 1.29 is 22.7 Å². The van der Waals surface area contributed by atoms with Crippen molar-refractivity contribution in [2.75, 3.05) is 26.2 Å². The highest BCUT2D eigenvalue weighted by Gasteiger charge is 2.48. The van der Waals surface area contributed by atoms with E-state index in [1.807, 2.05) is 18.2 Å². The summed E-state index contributed by atoms with van der Waals surface area (Å²) in [6.45, 7) is 5.02. The third kappa shape index (κ3) is 4.14. The van der Waals surface area contributed by atoms with Crippen LogP contribution in [0.4, 0.5) is 0 Å². The molecule has 1 N–H and O–H groups in total. The summed E-state index contributed by atoms with van der Waals surface area (Å²) in [4.78, 5) is 25.8. The van der Waals surface area contributed by atoms with Crippen molar-refractivity contribution in [1.82, 2.24) is 14.5 Å². The normalized spacial score (nSPS) is 27.6. The van der Waals surface area contributed by atoms with Crippen LogP contribution in [0.25, 0.3) is 0 Å². The molecule has 0 saturated carbocycles. The van der Waals surface area contributed by atoms with Crippen molar-refractivity contribution in [2.24, 2.45) is 5.92 Å². The minimum absolute atomic E-state index is 0.0526. The van der Waals surface area contributed by atoms with Crippen molar-refractivity contribution in [1.29, 1.82) is 0 Å². The summed E-state index contributed by atoms with van der Waals surface area (Å²) in [7, 11) is -3.45. The molecule has 9 heteroatoms. The molecular weight excluding hydrogens is 406 g/mol. The van der Waals surface area contributed by atoms with Crippen molar-refractivity contribution >= 4 is 21.8 Å². The molecule has 3 heterocycles. The van der Waals surface area contributed by atoms with E-state index >= 15 is 0 Å². The molecule has 3 atom stereocenters. The lowest BCUT2D eigenvalue weighted by molar-refractivity contribution is -0.120. The third-order valence-electron chi connectivity index (χ3n) is 6.22. The van der Waals surface area contributed by atoms with E-state index in [9.17, 15) is 18.0 Å². The van der Waals surface area contributed by atoms with Gasteiger partial charge in [0, 0.05) is 37.7 Å². The third-order valence-corrected chi connectivity index (χ3v) is 8.55. The fourth-order valence-corrected chi connectivity index (χ4v) is 6.56. The van der Waals surface area contributed by atoms with Crippen molar-refractivity contribution in [3.05, 3.63) is 48.6 Å². The molecule has 3 aliphatic rings. The molecule has 1 aromatic carbocycles. The van der Waals surface area contributed by atoms with E-state index in [0.29, 0.717) is 51.0 Å². The highest BCUT2D eigenvalue weighted by molar-refractivity contribution is 7.89. The smallest absolute Gasteiger partial charge is 0.253 e. The SMILES string of the molecule is C=CC(=O)NC1CC2CN(S(=O)(=O)C3CCN(C(=O)c4ccccc4)CC3)CC2O1. The van der Waals surface area contributed by atoms with Gasteiger partial charge in [0.2, 0.25) is 15.9 Å². The number of sulfonamides is 1. The van der Waals surface area contributed by atoms with E-state index in [2.05, 4.69) is 11.9 Å². The van der Waals surface area contributed by atoms with E-state index in [1.54, 1.807) is 17.0 Å². The first-order valence-corrected chi connectivity index (χ1v) is 11.8. The molecule has 3 unspecified atom stereocenters. The molecule has 0 aromatic heterocycles. The maximum absolute atomic E-state index is 13.2. The first kappa shape index (κ1) is 21.0. The number of hydrogen-bond acceptors (Lipinski definition) is 5. The Balaban J connectivity index is 1.31. The molecule has 0 spiro atoms. The number of ether oxygens (including phenoxy) is 1. The molecule has 8 nitrogen and oxygen atoms in total. The Hall–Kier alpha value is -2.23. The lowest BCUT2D eigenvalue weighted by atomic mass is 10.1. The zero-order valence-electron chi connectivity index (χ0n) is 16.8. The van der Waals surface area contributed by atoms with Crippen LogP contribution < -0.4 is 5.32 Å². The number of nitrogens with zero attached hydrogens (tertiary/aromatic N) is 2. The summed E-state index contributed by atoms with van der Waals surface area (Å²) in [5.74, 6) is -0.265. The Morgan fingerprint density at radius 2 is 1.83 bits per heavy atom. The quantitative estimate of drug-likeness (QED) is 0.698. The van der Waals surface area contributed by atoms with Gasteiger partial charge in [-0.2, -0.15) is 4.31 Å².